The third-order valence-electron chi connectivity index (χ3n) is 4.12. The smallest absolute Gasteiger partial charge is 0.0102 e. The molecule has 1 aromatic rings. The molecule has 0 aromatic heterocycles. The lowest BCUT2D eigenvalue weighted by Gasteiger charge is -2.44. The molecule has 0 aliphatic heterocycles. The number of hydrogen-bond acceptors (Lipinski definition) is 0. The zero-order valence-electron chi connectivity index (χ0n) is 8.66. The van der Waals surface area contributed by atoms with Gasteiger partial charge in [0, 0.05) is 0 Å². The second-order valence-corrected chi connectivity index (χ2v) is 4.97. The highest BCUT2D eigenvalue weighted by molar-refractivity contribution is 5.71. The van der Waals surface area contributed by atoms with Gasteiger partial charge >= 0.3 is 0 Å². The van der Waals surface area contributed by atoms with E-state index in [1.54, 1.807) is 5.57 Å². The molecule has 0 unspecified atom stereocenters. The van der Waals surface area contributed by atoms with Crippen LogP contribution in [-0.2, 0) is 0 Å². The van der Waals surface area contributed by atoms with Crippen LogP contribution in [0.4, 0.5) is 0 Å². The summed E-state index contributed by atoms with van der Waals surface area (Å²) in [5.74, 6) is 0.852. The van der Waals surface area contributed by atoms with Gasteiger partial charge in [0.15, 0.2) is 0 Å². The molecule has 0 spiro atoms. The van der Waals surface area contributed by atoms with Crippen molar-refractivity contribution in [2.45, 2.75) is 26.2 Å². The molecule has 1 aromatic carbocycles. The minimum Gasteiger partial charge on any atom is -0.0799 e. The van der Waals surface area contributed by atoms with Gasteiger partial charge in [0.1, 0.15) is 0 Å². The first kappa shape index (κ1) is 8.28. The van der Waals surface area contributed by atoms with Gasteiger partial charge in [-0.05, 0) is 41.7 Å². The largest absolute Gasteiger partial charge is 0.0799 e. The van der Waals surface area contributed by atoms with E-state index in [2.05, 4.69) is 43.3 Å². The Labute approximate surface area is 85.6 Å². The van der Waals surface area contributed by atoms with E-state index >= 15 is 0 Å². The predicted octanol–water partition coefficient (Wildman–Crippen LogP) is 3.89. The Balaban J connectivity index is 1.95. The van der Waals surface area contributed by atoms with Crippen molar-refractivity contribution in [3.05, 3.63) is 42.0 Å². The minimum atomic E-state index is 0.616. The van der Waals surface area contributed by atoms with Gasteiger partial charge in [0.2, 0.25) is 0 Å². The van der Waals surface area contributed by atoms with Crippen LogP contribution < -0.4 is 0 Å². The summed E-state index contributed by atoms with van der Waals surface area (Å²) < 4.78 is 0. The number of fused-ring (bicyclic) bond motifs is 1. The summed E-state index contributed by atoms with van der Waals surface area (Å²) in [5, 5.41) is 0. The minimum absolute atomic E-state index is 0.616. The van der Waals surface area contributed by atoms with Gasteiger partial charge in [-0.2, -0.15) is 0 Å². The van der Waals surface area contributed by atoms with E-state index in [1.807, 2.05) is 0 Å². The molecule has 0 N–H and O–H groups in total. The average molecular weight is 184 g/mol. The SMILES string of the molecule is C[C@]12CC=C(c3ccccc3)[C@H]1CC2. The Morgan fingerprint density at radius 3 is 2.57 bits per heavy atom. The monoisotopic (exact) mass is 184 g/mol. The predicted molar refractivity (Wildman–Crippen MR) is 59.9 cm³/mol. The molecule has 0 bridgehead atoms. The molecule has 14 heavy (non-hydrogen) atoms. The summed E-state index contributed by atoms with van der Waals surface area (Å²) >= 11 is 0. The van der Waals surface area contributed by atoms with Crippen LogP contribution in [0, 0.1) is 11.3 Å². The molecule has 0 nitrogen and oxygen atoms in total. The summed E-state index contributed by atoms with van der Waals surface area (Å²) in [6.07, 6.45) is 6.58. The molecule has 72 valence electrons. The molecular weight excluding hydrogens is 168 g/mol. The van der Waals surface area contributed by atoms with Gasteiger partial charge < -0.3 is 0 Å². The summed E-state index contributed by atoms with van der Waals surface area (Å²) in [6.45, 7) is 2.44. The van der Waals surface area contributed by atoms with Gasteiger partial charge in [0.05, 0.1) is 0 Å². The van der Waals surface area contributed by atoms with Crippen LogP contribution in [0.1, 0.15) is 31.7 Å². The van der Waals surface area contributed by atoms with E-state index in [0.717, 1.165) is 5.92 Å². The topological polar surface area (TPSA) is 0 Å². The Morgan fingerprint density at radius 2 is 2.00 bits per heavy atom. The van der Waals surface area contributed by atoms with Gasteiger partial charge in [-0.15, -0.1) is 0 Å². The summed E-state index contributed by atoms with van der Waals surface area (Å²) in [6, 6.07) is 10.9. The van der Waals surface area contributed by atoms with E-state index in [0.29, 0.717) is 5.41 Å². The maximum Gasteiger partial charge on any atom is -0.0102 e. The summed E-state index contributed by atoms with van der Waals surface area (Å²) in [7, 11) is 0. The van der Waals surface area contributed by atoms with E-state index in [9.17, 15) is 0 Å². The Kier molecular flexibility index (Phi) is 1.61. The van der Waals surface area contributed by atoms with Crippen molar-refractivity contribution in [2.75, 3.05) is 0 Å². The highest BCUT2D eigenvalue weighted by Crippen LogP contribution is 2.59. The van der Waals surface area contributed by atoms with Crippen LogP contribution in [0.5, 0.6) is 0 Å². The van der Waals surface area contributed by atoms with Crippen molar-refractivity contribution in [2.24, 2.45) is 11.3 Å². The Hall–Kier alpha value is -1.04. The quantitative estimate of drug-likeness (QED) is 0.621. The maximum absolute atomic E-state index is 2.47. The summed E-state index contributed by atoms with van der Waals surface area (Å²) in [5.41, 5.74) is 3.67. The van der Waals surface area contributed by atoms with Crippen molar-refractivity contribution in [3.8, 4) is 0 Å². The normalized spacial score (nSPS) is 34.6. The van der Waals surface area contributed by atoms with Crippen molar-refractivity contribution in [3.63, 3.8) is 0 Å². The van der Waals surface area contributed by atoms with Gasteiger partial charge in [-0.3, -0.25) is 0 Å². The summed E-state index contributed by atoms with van der Waals surface area (Å²) in [4.78, 5) is 0. The maximum atomic E-state index is 2.47. The number of allylic oxidation sites excluding steroid dienone is 2. The Bertz CT molecular complexity index is 374. The Morgan fingerprint density at radius 1 is 1.21 bits per heavy atom. The lowest BCUT2D eigenvalue weighted by molar-refractivity contribution is 0.116. The average Bonchev–Trinajstić information content (AvgIpc) is 2.44. The van der Waals surface area contributed by atoms with E-state index in [1.165, 1.54) is 24.8 Å². The van der Waals surface area contributed by atoms with Crippen molar-refractivity contribution >= 4 is 5.57 Å². The van der Waals surface area contributed by atoms with Gasteiger partial charge in [0.25, 0.3) is 0 Å². The van der Waals surface area contributed by atoms with Crippen molar-refractivity contribution in [1.82, 2.24) is 0 Å². The molecule has 0 radical (unpaired) electrons. The zero-order chi connectivity index (χ0) is 9.60. The molecule has 3 rings (SSSR count). The molecule has 1 fully saturated rings. The first-order valence-electron chi connectivity index (χ1n) is 5.55. The lowest BCUT2D eigenvalue weighted by atomic mass is 9.60. The van der Waals surface area contributed by atoms with E-state index < -0.39 is 0 Å². The fourth-order valence-electron chi connectivity index (χ4n) is 2.99. The first-order chi connectivity index (χ1) is 6.80. The van der Waals surface area contributed by atoms with Crippen LogP contribution in [0.2, 0.25) is 0 Å². The van der Waals surface area contributed by atoms with Crippen LogP contribution in [0.25, 0.3) is 5.57 Å². The van der Waals surface area contributed by atoms with Crippen LogP contribution in [0.3, 0.4) is 0 Å². The van der Waals surface area contributed by atoms with Gasteiger partial charge in [-0.25, -0.2) is 0 Å². The molecule has 0 saturated heterocycles. The third kappa shape index (κ3) is 1.00. The van der Waals surface area contributed by atoms with Crippen LogP contribution >= 0.6 is 0 Å². The molecule has 0 amide bonds. The lowest BCUT2D eigenvalue weighted by Crippen LogP contribution is -2.33. The molecule has 2 aliphatic carbocycles. The number of rotatable bonds is 1. The van der Waals surface area contributed by atoms with Crippen LogP contribution in [0.15, 0.2) is 36.4 Å². The highest BCUT2D eigenvalue weighted by Gasteiger charge is 2.47. The second kappa shape index (κ2) is 2.73. The molecule has 1 saturated carbocycles. The van der Waals surface area contributed by atoms with E-state index in [-0.39, 0.29) is 0 Å². The van der Waals surface area contributed by atoms with Crippen LogP contribution in [-0.4, -0.2) is 0 Å². The van der Waals surface area contributed by atoms with Crippen molar-refractivity contribution in [1.29, 1.82) is 0 Å². The molecule has 2 atom stereocenters. The highest BCUT2D eigenvalue weighted by atomic mass is 14.5. The zero-order valence-corrected chi connectivity index (χ0v) is 8.66. The molecule has 0 heteroatoms. The fraction of sp³-hybridized carbons (Fsp3) is 0.429. The second-order valence-electron chi connectivity index (χ2n) is 4.97. The van der Waals surface area contributed by atoms with Crippen molar-refractivity contribution < 1.29 is 0 Å². The number of hydrogen-bond donors (Lipinski definition) is 0. The molecule has 2 aliphatic rings. The molecular formula is C14H16. The third-order valence-corrected chi connectivity index (χ3v) is 4.12. The first-order valence-corrected chi connectivity index (χ1v) is 5.55. The van der Waals surface area contributed by atoms with E-state index in [4.69, 9.17) is 0 Å². The fourth-order valence-corrected chi connectivity index (χ4v) is 2.99. The standard InChI is InChI=1S/C14H16/c1-14-9-7-12(13(14)8-10-14)11-5-3-2-4-6-11/h2-7,13H,8-10H2,1H3/t13-,14-/m1/s1. The number of benzene rings is 1. The molecule has 0 heterocycles. The van der Waals surface area contributed by atoms with Gasteiger partial charge in [-0.1, -0.05) is 43.3 Å².